The molecule has 0 aliphatic heterocycles. The third-order valence-corrected chi connectivity index (χ3v) is 1.50. The van der Waals surface area contributed by atoms with Crippen LogP contribution >= 0.6 is 8.58 Å². The Morgan fingerprint density at radius 2 is 1.50 bits per heavy atom. The molecule has 1 heteroatoms. The van der Waals surface area contributed by atoms with Crippen LogP contribution in [0.5, 0.6) is 0 Å². The molecule has 0 aromatic carbocycles. The first-order valence-electron chi connectivity index (χ1n) is 2.12. The Morgan fingerprint density at radius 3 is 1.50 bits per heavy atom. The molecule has 0 N–H and O–H groups in total. The normalized spacial score (nSPS) is 7.00. The van der Waals surface area contributed by atoms with Crippen molar-refractivity contribution in [3.8, 4) is 0 Å². The van der Waals surface area contributed by atoms with Crippen LogP contribution in [0.4, 0.5) is 0 Å². The molecule has 0 rings (SSSR count). The van der Waals surface area contributed by atoms with Crippen LogP contribution in [-0.4, -0.2) is 12.3 Å². The summed E-state index contributed by atoms with van der Waals surface area (Å²) in [5, 5.41) is 0. The van der Waals surface area contributed by atoms with Gasteiger partial charge in [0.15, 0.2) is 0 Å². The molecule has 0 unspecified atom stereocenters. The van der Waals surface area contributed by atoms with Crippen molar-refractivity contribution >= 4 is 8.58 Å². The van der Waals surface area contributed by atoms with E-state index in [1.54, 1.807) is 0 Å². The summed E-state index contributed by atoms with van der Waals surface area (Å²) in [6.45, 7) is 4.45. The fourth-order valence-corrected chi connectivity index (χ4v) is 0.750. The van der Waals surface area contributed by atoms with E-state index in [-0.39, 0.29) is 7.43 Å². The van der Waals surface area contributed by atoms with Crippen molar-refractivity contribution in [1.82, 2.24) is 0 Å². The highest BCUT2D eigenvalue weighted by atomic mass is 31.1. The van der Waals surface area contributed by atoms with Crippen LogP contribution in [0.2, 0.25) is 0 Å². The van der Waals surface area contributed by atoms with E-state index >= 15 is 0 Å². The number of rotatable bonds is 2. The SMILES string of the molecule is C.CCPCC. The fraction of sp³-hybridized carbons (Fsp3) is 1.00. The van der Waals surface area contributed by atoms with Gasteiger partial charge in [0.1, 0.15) is 0 Å². The molecule has 0 atom stereocenters. The Bertz CT molecular complexity index is 11.4. The maximum atomic E-state index is 2.22. The average Bonchev–Trinajstić information content (AvgIpc) is 1.41. The quantitative estimate of drug-likeness (QED) is 0.474. The monoisotopic (exact) mass is 106 g/mol. The Labute approximate surface area is 43.1 Å². The highest BCUT2D eigenvalue weighted by molar-refractivity contribution is 7.37. The molecule has 0 aliphatic carbocycles. The van der Waals surface area contributed by atoms with Gasteiger partial charge < -0.3 is 0 Å². The van der Waals surface area contributed by atoms with Gasteiger partial charge in [-0.2, -0.15) is 0 Å². The summed E-state index contributed by atoms with van der Waals surface area (Å²) in [7, 11) is 1.20. The van der Waals surface area contributed by atoms with E-state index in [1.807, 2.05) is 0 Å². The molecule has 0 heterocycles. The molecule has 0 aliphatic rings. The summed E-state index contributed by atoms with van der Waals surface area (Å²) in [5.41, 5.74) is 0. The Morgan fingerprint density at radius 1 is 1.17 bits per heavy atom. The molecule has 0 spiro atoms. The zero-order valence-corrected chi connectivity index (χ0v) is 4.91. The highest BCUT2D eigenvalue weighted by Gasteiger charge is 1.66. The maximum absolute atomic E-state index is 2.22. The number of hydrogen-bond acceptors (Lipinski definition) is 0. The van der Waals surface area contributed by atoms with Crippen molar-refractivity contribution in [2.24, 2.45) is 0 Å². The van der Waals surface area contributed by atoms with E-state index in [9.17, 15) is 0 Å². The Kier molecular flexibility index (Phi) is 14.6. The van der Waals surface area contributed by atoms with Gasteiger partial charge >= 0.3 is 0 Å². The van der Waals surface area contributed by atoms with E-state index in [0.29, 0.717) is 0 Å². The Balaban J connectivity index is 0. The van der Waals surface area contributed by atoms with E-state index in [0.717, 1.165) is 0 Å². The third kappa shape index (κ3) is 8.83. The summed E-state index contributed by atoms with van der Waals surface area (Å²) in [5.74, 6) is 0. The maximum Gasteiger partial charge on any atom is -0.0382 e. The topological polar surface area (TPSA) is 0 Å². The lowest BCUT2D eigenvalue weighted by Gasteiger charge is -1.80. The van der Waals surface area contributed by atoms with Crippen LogP contribution in [-0.2, 0) is 0 Å². The Hall–Kier alpha value is 0.430. The molecular formula is C5H15P. The van der Waals surface area contributed by atoms with Gasteiger partial charge in [0.2, 0.25) is 0 Å². The zero-order valence-electron chi connectivity index (χ0n) is 3.91. The van der Waals surface area contributed by atoms with Crippen LogP contribution in [0, 0.1) is 0 Å². The van der Waals surface area contributed by atoms with Crippen LogP contribution < -0.4 is 0 Å². The summed E-state index contributed by atoms with van der Waals surface area (Å²) in [6.07, 6.45) is 2.74. The molecule has 0 bridgehead atoms. The first-order chi connectivity index (χ1) is 2.41. The summed E-state index contributed by atoms with van der Waals surface area (Å²) < 4.78 is 0. The molecule has 6 heavy (non-hydrogen) atoms. The van der Waals surface area contributed by atoms with Crippen molar-refractivity contribution in [2.75, 3.05) is 12.3 Å². The van der Waals surface area contributed by atoms with Gasteiger partial charge in [-0.1, -0.05) is 21.3 Å². The smallest absolute Gasteiger partial charge is 0.0382 e. The fourth-order valence-electron chi connectivity index (χ4n) is 0.250. The number of hydrogen-bond donors (Lipinski definition) is 0. The van der Waals surface area contributed by atoms with Crippen LogP contribution in [0.3, 0.4) is 0 Å². The lowest BCUT2D eigenvalue weighted by molar-refractivity contribution is 1.44. The molecule has 0 radical (unpaired) electrons. The molecular weight excluding hydrogens is 91.0 g/mol. The molecule has 0 fully saturated rings. The lowest BCUT2D eigenvalue weighted by Crippen LogP contribution is -1.59. The van der Waals surface area contributed by atoms with E-state index in [2.05, 4.69) is 13.8 Å². The lowest BCUT2D eigenvalue weighted by atomic mass is 11.0. The first kappa shape index (κ1) is 9.66. The molecule has 0 aromatic rings. The minimum absolute atomic E-state index is 0. The predicted octanol–water partition coefficient (Wildman–Crippen LogP) is 2.34. The van der Waals surface area contributed by atoms with Crippen molar-refractivity contribution in [2.45, 2.75) is 21.3 Å². The van der Waals surface area contributed by atoms with Crippen molar-refractivity contribution < 1.29 is 0 Å². The molecule has 40 valence electrons. The van der Waals surface area contributed by atoms with Crippen molar-refractivity contribution in [3.05, 3.63) is 0 Å². The van der Waals surface area contributed by atoms with Gasteiger partial charge in [-0.25, -0.2) is 0 Å². The van der Waals surface area contributed by atoms with Crippen LogP contribution in [0.1, 0.15) is 21.3 Å². The van der Waals surface area contributed by atoms with Crippen molar-refractivity contribution in [3.63, 3.8) is 0 Å². The van der Waals surface area contributed by atoms with Gasteiger partial charge in [-0.05, 0) is 12.3 Å². The summed E-state index contributed by atoms with van der Waals surface area (Å²) in [6, 6.07) is 0. The van der Waals surface area contributed by atoms with E-state index < -0.39 is 0 Å². The minimum atomic E-state index is 0. The summed E-state index contributed by atoms with van der Waals surface area (Å²) >= 11 is 0. The first-order valence-corrected chi connectivity index (χ1v) is 3.54. The van der Waals surface area contributed by atoms with Crippen molar-refractivity contribution in [1.29, 1.82) is 0 Å². The molecule has 0 saturated heterocycles. The van der Waals surface area contributed by atoms with Gasteiger partial charge in [-0.3, -0.25) is 0 Å². The molecule has 0 nitrogen and oxygen atoms in total. The minimum Gasteiger partial charge on any atom is -0.123 e. The average molecular weight is 106 g/mol. The van der Waals surface area contributed by atoms with E-state index in [4.69, 9.17) is 0 Å². The van der Waals surface area contributed by atoms with Gasteiger partial charge in [-0.15, -0.1) is 8.58 Å². The third-order valence-electron chi connectivity index (χ3n) is 0.500. The van der Waals surface area contributed by atoms with Crippen LogP contribution in [0.15, 0.2) is 0 Å². The van der Waals surface area contributed by atoms with E-state index in [1.165, 1.54) is 20.9 Å². The second-order valence-corrected chi connectivity index (χ2v) is 2.87. The largest absolute Gasteiger partial charge is 0.123 e. The molecule has 0 saturated carbocycles. The van der Waals surface area contributed by atoms with Gasteiger partial charge in [0, 0.05) is 0 Å². The molecule has 0 aromatic heterocycles. The zero-order chi connectivity index (χ0) is 4.12. The van der Waals surface area contributed by atoms with Crippen LogP contribution in [0.25, 0.3) is 0 Å². The molecule has 0 amide bonds. The predicted molar refractivity (Wildman–Crippen MR) is 36.1 cm³/mol. The standard InChI is InChI=1S/C4H11P.CH4/c1-3-5-4-2;/h5H,3-4H2,1-2H3;1H4. The van der Waals surface area contributed by atoms with Gasteiger partial charge in [0.05, 0.1) is 0 Å². The summed E-state index contributed by atoms with van der Waals surface area (Å²) in [4.78, 5) is 0. The second-order valence-electron chi connectivity index (χ2n) is 0.957. The second kappa shape index (κ2) is 9.06. The highest BCUT2D eigenvalue weighted by Crippen LogP contribution is 2.03. The van der Waals surface area contributed by atoms with Gasteiger partial charge in [0.25, 0.3) is 0 Å².